The van der Waals surface area contributed by atoms with Crippen LogP contribution >= 0.6 is 11.3 Å². The van der Waals surface area contributed by atoms with E-state index in [1.165, 1.54) is 37.0 Å². The van der Waals surface area contributed by atoms with Crippen LogP contribution in [-0.4, -0.2) is 34.0 Å². The van der Waals surface area contributed by atoms with E-state index >= 15 is 0 Å². The molecule has 0 radical (unpaired) electrons. The summed E-state index contributed by atoms with van der Waals surface area (Å²) in [6.45, 7) is 6.11. The molecule has 1 aromatic rings. The van der Waals surface area contributed by atoms with Crippen molar-refractivity contribution in [2.24, 2.45) is 0 Å². The van der Waals surface area contributed by atoms with Crippen LogP contribution in [0.15, 0.2) is 0 Å². The summed E-state index contributed by atoms with van der Waals surface area (Å²) in [6, 6.07) is 0.236. The maximum Gasteiger partial charge on any atom is 0.347 e. The third-order valence-electron chi connectivity index (χ3n) is 3.55. The molecule has 2 rings (SSSR count). The quantitative estimate of drug-likeness (QED) is 0.915. The highest BCUT2D eigenvalue weighted by molar-refractivity contribution is 7.13. The number of thiazole rings is 1. The summed E-state index contributed by atoms with van der Waals surface area (Å²) >= 11 is 1.32. The molecule has 100 valence electrons. The van der Waals surface area contributed by atoms with Crippen molar-refractivity contribution in [1.82, 2.24) is 9.88 Å². The highest BCUT2D eigenvalue weighted by Crippen LogP contribution is 2.29. The van der Waals surface area contributed by atoms with Crippen LogP contribution in [0.2, 0.25) is 0 Å². The number of rotatable bonds is 3. The number of carboxylic acid groups (broad SMARTS) is 1. The number of aromatic carboxylic acids is 1. The van der Waals surface area contributed by atoms with E-state index in [2.05, 4.69) is 16.8 Å². The van der Waals surface area contributed by atoms with Crippen molar-refractivity contribution >= 4 is 17.3 Å². The Bertz CT molecular complexity index is 423. The molecule has 1 N–H and O–H groups in total. The molecule has 1 aliphatic rings. The van der Waals surface area contributed by atoms with Gasteiger partial charge in [0.05, 0.1) is 11.7 Å². The minimum Gasteiger partial charge on any atom is -0.477 e. The molecule has 5 heteroatoms. The number of nitrogens with zero attached hydrogens (tertiary/aromatic N) is 2. The standard InChI is InChI=1S/C13H20N2O2S/c1-9-11(13(16)17)18-12(14-9)10(2)15-7-5-3-4-6-8-15/h10H,3-8H2,1-2H3,(H,16,17). The van der Waals surface area contributed by atoms with Crippen molar-refractivity contribution in [3.8, 4) is 0 Å². The number of carboxylic acids is 1. The summed E-state index contributed by atoms with van der Waals surface area (Å²) in [5, 5.41) is 10.0. The van der Waals surface area contributed by atoms with Gasteiger partial charge in [0.1, 0.15) is 9.88 Å². The monoisotopic (exact) mass is 268 g/mol. The SMILES string of the molecule is Cc1nc(C(C)N2CCCCCC2)sc1C(=O)O. The normalized spacial score (nSPS) is 19.4. The molecule has 0 saturated carbocycles. The Kier molecular flexibility index (Phi) is 4.35. The predicted molar refractivity (Wildman–Crippen MR) is 72.3 cm³/mol. The molecule has 0 aromatic carbocycles. The molecule has 1 atom stereocenters. The van der Waals surface area contributed by atoms with Gasteiger partial charge in [-0.25, -0.2) is 9.78 Å². The van der Waals surface area contributed by atoms with Crippen molar-refractivity contribution < 1.29 is 9.90 Å². The smallest absolute Gasteiger partial charge is 0.347 e. The fraction of sp³-hybridized carbons (Fsp3) is 0.692. The second-order valence-electron chi connectivity index (χ2n) is 4.90. The minimum atomic E-state index is -0.862. The van der Waals surface area contributed by atoms with E-state index in [9.17, 15) is 4.79 Å². The average molecular weight is 268 g/mol. The summed E-state index contributed by atoms with van der Waals surface area (Å²) in [6.07, 6.45) is 5.09. The van der Waals surface area contributed by atoms with Crippen molar-refractivity contribution in [2.45, 2.75) is 45.6 Å². The molecule has 1 saturated heterocycles. The molecule has 1 aromatic heterocycles. The molecule has 0 amide bonds. The molecule has 4 nitrogen and oxygen atoms in total. The predicted octanol–water partition coefficient (Wildman–Crippen LogP) is 3.09. The largest absolute Gasteiger partial charge is 0.477 e. The first kappa shape index (κ1) is 13.5. The zero-order valence-electron chi connectivity index (χ0n) is 11.0. The van der Waals surface area contributed by atoms with Gasteiger partial charge in [-0.2, -0.15) is 0 Å². The van der Waals surface area contributed by atoms with Gasteiger partial charge in [0.25, 0.3) is 0 Å². The van der Waals surface area contributed by atoms with Gasteiger partial charge >= 0.3 is 5.97 Å². The molecule has 0 spiro atoms. The fourth-order valence-electron chi connectivity index (χ4n) is 2.43. The lowest BCUT2D eigenvalue weighted by Gasteiger charge is -2.25. The van der Waals surface area contributed by atoms with Crippen LogP contribution in [0.5, 0.6) is 0 Å². The van der Waals surface area contributed by atoms with Crippen LogP contribution in [0, 0.1) is 6.92 Å². The lowest BCUT2D eigenvalue weighted by molar-refractivity contribution is 0.0701. The van der Waals surface area contributed by atoms with Gasteiger partial charge in [-0.1, -0.05) is 12.8 Å². The highest BCUT2D eigenvalue weighted by Gasteiger charge is 2.22. The first-order valence-corrected chi connectivity index (χ1v) is 7.36. The molecule has 2 heterocycles. The third-order valence-corrected chi connectivity index (χ3v) is 4.87. The van der Waals surface area contributed by atoms with E-state index < -0.39 is 5.97 Å². The topological polar surface area (TPSA) is 53.4 Å². The number of carbonyl (C=O) groups is 1. The van der Waals surface area contributed by atoms with E-state index in [0.717, 1.165) is 18.1 Å². The van der Waals surface area contributed by atoms with Crippen LogP contribution in [0.4, 0.5) is 0 Å². The second kappa shape index (κ2) is 5.80. The average Bonchev–Trinajstić information content (AvgIpc) is 2.56. The molecular formula is C13H20N2O2S. The Balaban J connectivity index is 2.14. The third kappa shape index (κ3) is 2.90. The minimum absolute atomic E-state index is 0.236. The van der Waals surface area contributed by atoms with Crippen LogP contribution in [0.1, 0.15) is 59.0 Å². The number of hydrogen-bond acceptors (Lipinski definition) is 4. The van der Waals surface area contributed by atoms with Gasteiger partial charge in [0, 0.05) is 0 Å². The Morgan fingerprint density at radius 1 is 1.33 bits per heavy atom. The first-order valence-electron chi connectivity index (χ1n) is 6.54. The number of aryl methyl sites for hydroxylation is 1. The van der Waals surface area contributed by atoms with Crippen molar-refractivity contribution in [3.63, 3.8) is 0 Å². The van der Waals surface area contributed by atoms with Crippen molar-refractivity contribution in [1.29, 1.82) is 0 Å². The second-order valence-corrected chi connectivity index (χ2v) is 5.93. The molecule has 1 fully saturated rings. The summed E-state index contributed by atoms with van der Waals surface area (Å²) in [7, 11) is 0. The molecule has 1 unspecified atom stereocenters. The van der Waals surface area contributed by atoms with E-state index in [-0.39, 0.29) is 6.04 Å². The number of aromatic nitrogens is 1. The Morgan fingerprint density at radius 3 is 2.44 bits per heavy atom. The summed E-state index contributed by atoms with van der Waals surface area (Å²) < 4.78 is 0. The molecule has 1 aliphatic heterocycles. The highest BCUT2D eigenvalue weighted by atomic mass is 32.1. The van der Waals surface area contributed by atoms with Gasteiger partial charge in [-0.3, -0.25) is 4.90 Å². The van der Waals surface area contributed by atoms with Gasteiger partial charge < -0.3 is 5.11 Å². The zero-order chi connectivity index (χ0) is 13.1. The van der Waals surface area contributed by atoms with Gasteiger partial charge in [0.15, 0.2) is 0 Å². The Hall–Kier alpha value is -0.940. The lowest BCUT2D eigenvalue weighted by atomic mass is 10.2. The van der Waals surface area contributed by atoms with Crippen molar-refractivity contribution in [3.05, 3.63) is 15.6 Å². The number of likely N-dealkylation sites (tertiary alicyclic amines) is 1. The fourth-order valence-corrected chi connectivity index (χ4v) is 3.43. The molecule has 0 bridgehead atoms. The summed E-state index contributed by atoms with van der Waals surface area (Å²) in [4.78, 5) is 18.3. The summed E-state index contributed by atoms with van der Waals surface area (Å²) in [5.74, 6) is -0.862. The van der Waals surface area contributed by atoms with Crippen LogP contribution in [0.25, 0.3) is 0 Å². The summed E-state index contributed by atoms with van der Waals surface area (Å²) in [5.41, 5.74) is 0.643. The van der Waals surface area contributed by atoms with Crippen LogP contribution in [0.3, 0.4) is 0 Å². The molecular weight excluding hydrogens is 248 g/mol. The van der Waals surface area contributed by atoms with Gasteiger partial charge in [-0.15, -0.1) is 11.3 Å². The van der Waals surface area contributed by atoms with Gasteiger partial charge in [-0.05, 0) is 39.8 Å². The maximum absolute atomic E-state index is 11.0. The Labute approximate surface area is 112 Å². The van der Waals surface area contributed by atoms with Crippen LogP contribution in [-0.2, 0) is 0 Å². The van der Waals surface area contributed by atoms with Gasteiger partial charge in [0.2, 0.25) is 0 Å². The zero-order valence-corrected chi connectivity index (χ0v) is 11.8. The molecule has 18 heavy (non-hydrogen) atoms. The van der Waals surface area contributed by atoms with E-state index in [4.69, 9.17) is 5.11 Å². The van der Waals surface area contributed by atoms with Crippen LogP contribution < -0.4 is 0 Å². The van der Waals surface area contributed by atoms with Crippen molar-refractivity contribution in [2.75, 3.05) is 13.1 Å². The van der Waals surface area contributed by atoms with E-state index in [1.807, 2.05) is 0 Å². The van der Waals surface area contributed by atoms with E-state index in [0.29, 0.717) is 10.6 Å². The maximum atomic E-state index is 11.0. The lowest BCUT2D eigenvalue weighted by Crippen LogP contribution is -2.27. The van der Waals surface area contributed by atoms with E-state index in [1.54, 1.807) is 6.92 Å². The first-order chi connectivity index (χ1) is 8.59. The number of hydrogen-bond donors (Lipinski definition) is 1. The molecule has 0 aliphatic carbocycles. The Morgan fingerprint density at radius 2 is 1.94 bits per heavy atom.